The number of halogens is 2. The Labute approximate surface area is 177 Å². The van der Waals surface area contributed by atoms with Gasteiger partial charge < -0.3 is 15.0 Å². The zero-order valence-electron chi connectivity index (χ0n) is 15.0. The number of sulfonamides is 1. The predicted octanol–water partition coefficient (Wildman–Crippen LogP) is 1.63. The fraction of sp³-hybridized carbons (Fsp3) is 0.562. The summed E-state index contributed by atoms with van der Waals surface area (Å²) < 4.78 is 31.3. The highest BCUT2D eigenvalue weighted by Crippen LogP contribution is 2.12. The van der Waals surface area contributed by atoms with Crippen molar-refractivity contribution in [1.82, 2.24) is 14.5 Å². The normalized spacial score (nSPS) is 16.0. The Bertz CT molecular complexity index is 696. The second-order valence-corrected chi connectivity index (χ2v) is 8.31. The summed E-state index contributed by atoms with van der Waals surface area (Å²) in [7, 11) is 0.292. The van der Waals surface area contributed by atoms with Crippen molar-refractivity contribution in [3.63, 3.8) is 0 Å². The highest BCUT2D eigenvalue weighted by atomic mass is 127. The van der Waals surface area contributed by atoms with Crippen LogP contribution in [0.15, 0.2) is 29.3 Å². The van der Waals surface area contributed by atoms with E-state index in [0.717, 1.165) is 5.56 Å². The molecule has 148 valence electrons. The number of aliphatic imine (C=N–C) groups is 1. The Kier molecular flexibility index (Phi) is 10.2. The smallest absolute Gasteiger partial charge is 0.215 e. The van der Waals surface area contributed by atoms with Crippen molar-refractivity contribution in [2.45, 2.75) is 6.54 Å². The summed E-state index contributed by atoms with van der Waals surface area (Å²) in [6, 6.07) is 7.61. The summed E-state index contributed by atoms with van der Waals surface area (Å²) in [6.07, 6.45) is 0. The van der Waals surface area contributed by atoms with E-state index >= 15 is 0 Å². The molecule has 1 saturated heterocycles. The molecule has 1 aromatic rings. The van der Waals surface area contributed by atoms with Crippen molar-refractivity contribution >= 4 is 51.6 Å². The van der Waals surface area contributed by atoms with E-state index in [4.69, 9.17) is 16.3 Å². The highest BCUT2D eigenvalue weighted by molar-refractivity contribution is 14.0. The molecule has 1 fully saturated rings. The largest absolute Gasteiger partial charge is 0.379 e. The van der Waals surface area contributed by atoms with Gasteiger partial charge in [-0.25, -0.2) is 8.42 Å². The van der Waals surface area contributed by atoms with Crippen molar-refractivity contribution in [3.05, 3.63) is 34.9 Å². The minimum Gasteiger partial charge on any atom is -0.379 e. The van der Waals surface area contributed by atoms with Gasteiger partial charge in [0.25, 0.3) is 0 Å². The number of rotatable bonds is 6. The van der Waals surface area contributed by atoms with Crippen LogP contribution in [-0.2, 0) is 21.3 Å². The number of benzene rings is 1. The van der Waals surface area contributed by atoms with Gasteiger partial charge in [-0.05, 0) is 17.7 Å². The van der Waals surface area contributed by atoms with E-state index in [0.29, 0.717) is 50.4 Å². The van der Waals surface area contributed by atoms with E-state index in [2.05, 4.69) is 10.3 Å². The number of guanidine groups is 1. The Morgan fingerprint density at radius 1 is 1.38 bits per heavy atom. The lowest BCUT2D eigenvalue weighted by Gasteiger charge is -2.27. The second kappa shape index (κ2) is 11.3. The van der Waals surface area contributed by atoms with Crippen LogP contribution in [0.5, 0.6) is 0 Å². The van der Waals surface area contributed by atoms with Crippen LogP contribution in [0.3, 0.4) is 0 Å². The first-order valence-electron chi connectivity index (χ1n) is 8.14. The van der Waals surface area contributed by atoms with Crippen LogP contribution >= 0.6 is 35.6 Å². The molecule has 7 nitrogen and oxygen atoms in total. The van der Waals surface area contributed by atoms with Gasteiger partial charge in [0.2, 0.25) is 10.0 Å². The summed E-state index contributed by atoms with van der Waals surface area (Å²) in [6.45, 7) is 2.67. The van der Waals surface area contributed by atoms with E-state index in [1.54, 1.807) is 7.05 Å². The zero-order chi connectivity index (χ0) is 18.3. The predicted molar refractivity (Wildman–Crippen MR) is 116 cm³/mol. The number of hydrogen-bond donors (Lipinski definition) is 1. The third kappa shape index (κ3) is 7.18. The van der Waals surface area contributed by atoms with Crippen LogP contribution in [0.2, 0.25) is 5.02 Å². The summed E-state index contributed by atoms with van der Waals surface area (Å²) in [5.41, 5.74) is 1.05. The quantitative estimate of drug-likeness (QED) is 0.353. The molecule has 0 aliphatic carbocycles. The summed E-state index contributed by atoms with van der Waals surface area (Å²) in [5.74, 6) is 0.661. The van der Waals surface area contributed by atoms with Crippen LogP contribution in [0.4, 0.5) is 0 Å². The molecule has 1 aliphatic rings. The Morgan fingerprint density at radius 3 is 2.69 bits per heavy atom. The van der Waals surface area contributed by atoms with E-state index in [1.165, 1.54) is 4.31 Å². The average molecular weight is 517 g/mol. The molecule has 0 spiro atoms. The van der Waals surface area contributed by atoms with Gasteiger partial charge in [0.1, 0.15) is 0 Å². The van der Waals surface area contributed by atoms with Crippen molar-refractivity contribution in [1.29, 1.82) is 0 Å². The number of nitrogens with one attached hydrogen (secondary N) is 1. The Balaban J connectivity index is 0.00000338. The standard InChI is InChI=1S/C16H25ClN4O3S.HI/c1-18-16(20(2)13-14-4-3-5-15(17)12-14)19-6-11-25(22,23)21-7-9-24-10-8-21;/h3-5,12H,6-11,13H2,1-2H3,(H,18,19);1H. The molecule has 0 aromatic heterocycles. The van der Waals surface area contributed by atoms with Gasteiger partial charge in [-0.1, -0.05) is 23.7 Å². The molecule has 0 radical (unpaired) electrons. The van der Waals surface area contributed by atoms with E-state index < -0.39 is 10.0 Å². The molecule has 1 N–H and O–H groups in total. The van der Waals surface area contributed by atoms with Crippen LogP contribution < -0.4 is 5.32 Å². The molecule has 0 bridgehead atoms. The third-order valence-corrected chi connectivity index (χ3v) is 6.00. The Morgan fingerprint density at radius 2 is 2.08 bits per heavy atom. The summed E-state index contributed by atoms with van der Waals surface area (Å²) >= 11 is 6.00. The molecule has 1 aromatic carbocycles. The third-order valence-electron chi connectivity index (χ3n) is 3.89. The maximum absolute atomic E-state index is 12.3. The number of hydrogen-bond acceptors (Lipinski definition) is 4. The number of ether oxygens (including phenoxy) is 1. The first-order chi connectivity index (χ1) is 11.9. The average Bonchev–Trinajstić information content (AvgIpc) is 2.59. The summed E-state index contributed by atoms with van der Waals surface area (Å²) in [5, 5.41) is 3.79. The molecular weight excluding hydrogens is 491 g/mol. The van der Waals surface area contributed by atoms with Crippen molar-refractivity contribution in [2.24, 2.45) is 4.99 Å². The van der Waals surface area contributed by atoms with Crippen molar-refractivity contribution < 1.29 is 13.2 Å². The van der Waals surface area contributed by atoms with E-state index in [1.807, 2.05) is 36.2 Å². The molecule has 0 unspecified atom stereocenters. The lowest BCUT2D eigenvalue weighted by Crippen LogP contribution is -2.45. The molecule has 26 heavy (non-hydrogen) atoms. The number of morpholine rings is 1. The minimum atomic E-state index is -3.28. The van der Waals surface area contributed by atoms with E-state index in [-0.39, 0.29) is 29.7 Å². The Hall–Kier alpha value is -0.620. The molecule has 2 rings (SSSR count). The monoisotopic (exact) mass is 516 g/mol. The van der Waals surface area contributed by atoms with Crippen LogP contribution in [0.1, 0.15) is 5.56 Å². The first-order valence-corrected chi connectivity index (χ1v) is 10.1. The lowest BCUT2D eigenvalue weighted by atomic mass is 10.2. The topological polar surface area (TPSA) is 74.2 Å². The minimum absolute atomic E-state index is 0. The van der Waals surface area contributed by atoms with Crippen molar-refractivity contribution in [2.75, 3.05) is 52.7 Å². The fourth-order valence-corrected chi connectivity index (χ4v) is 4.15. The zero-order valence-corrected chi connectivity index (χ0v) is 18.9. The van der Waals surface area contributed by atoms with Gasteiger partial charge in [0.05, 0.1) is 19.0 Å². The molecule has 0 saturated carbocycles. The first kappa shape index (κ1) is 23.4. The van der Waals surface area contributed by atoms with Crippen molar-refractivity contribution in [3.8, 4) is 0 Å². The van der Waals surface area contributed by atoms with Gasteiger partial charge in [0.15, 0.2) is 5.96 Å². The molecule has 1 aliphatic heterocycles. The van der Waals surface area contributed by atoms with Gasteiger partial charge in [-0.15, -0.1) is 24.0 Å². The lowest BCUT2D eigenvalue weighted by molar-refractivity contribution is 0.0730. The van der Waals surface area contributed by atoms with Gasteiger partial charge in [-0.2, -0.15) is 4.31 Å². The highest BCUT2D eigenvalue weighted by Gasteiger charge is 2.24. The number of nitrogens with zero attached hydrogens (tertiary/aromatic N) is 3. The maximum atomic E-state index is 12.3. The van der Waals surface area contributed by atoms with Crippen LogP contribution in [0, 0.1) is 0 Å². The van der Waals surface area contributed by atoms with Gasteiger partial charge in [0, 0.05) is 45.3 Å². The SMILES string of the molecule is CN=C(NCCS(=O)(=O)N1CCOCC1)N(C)Cc1cccc(Cl)c1.I. The molecule has 10 heteroatoms. The molecule has 0 atom stereocenters. The summed E-state index contributed by atoms with van der Waals surface area (Å²) in [4.78, 5) is 6.13. The molecule has 0 amide bonds. The van der Waals surface area contributed by atoms with Gasteiger partial charge in [-0.3, -0.25) is 4.99 Å². The second-order valence-electron chi connectivity index (χ2n) is 5.79. The fourth-order valence-electron chi connectivity index (χ4n) is 2.61. The van der Waals surface area contributed by atoms with Crippen LogP contribution in [0.25, 0.3) is 0 Å². The molecule has 1 heterocycles. The van der Waals surface area contributed by atoms with E-state index in [9.17, 15) is 8.42 Å². The van der Waals surface area contributed by atoms with Gasteiger partial charge >= 0.3 is 0 Å². The van der Waals surface area contributed by atoms with Crippen LogP contribution in [-0.4, -0.2) is 76.3 Å². The molecular formula is C16H26ClIN4O3S. The maximum Gasteiger partial charge on any atom is 0.215 e.